The monoisotopic (exact) mass is 342 g/mol. The molecule has 0 saturated carbocycles. The number of hydrogen-bond donors (Lipinski definition) is 1. The van der Waals surface area contributed by atoms with Crippen molar-refractivity contribution in [2.24, 2.45) is 0 Å². The van der Waals surface area contributed by atoms with Crippen molar-refractivity contribution in [2.45, 2.75) is 39.7 Å². The summed E-state index contributed by atoms with van der Waals surface area (Å²) in [7, 11) is 0. The van der Waals surface area contributed by atoms with E-state index in [2.05, 4.69) is 17.3 Å². The van der Waals surface area contributed by atoms with Crippen molar-refractivity contribution in [3.05, 3.63) is 47.3 Å². The topological polar surface area (TPSA) is 50.2 Å². The largest absolute Gasteiger partial charge is 0.347 e. The Hall–Kier alpha value is -2.21. The summed E-state index contributed by atoms with van der Waals surface area (Å²) in [5.74, 6) is 0.0206. The Morgan fingerprint density at radius 3 is 2.62 bits per heavy atom. The number of carbonyl (C=O) groups excluding carboxylic acids is 1. The summed E-state index contributed by atoms with van der Waals surface area (Å²) in [6.45, 7) is 6.71. The predicted octanol–water partition coefficient (Wildman–Crippen LogP) is 3.05. The lowest BCUT2D eigenvalue weighted by Gasteiger charge is -2.14. The number of unbranched alkanes of at least 4 members (excludes halogenated alkanes) is 1. The van der Waals surface area contributed by atoms with Gasteiger partial charge in [0.25, 0.3) is 5.91 Å². The van der Waals surface area contributed by atoms with Gasteiger partial charge in [-0.15, -0.1) is 0 Å². The van der Waals surface area contributed by atoms with Crippen LogP contribution in [0.25, 0.3) is 5.69 Å². The van der Waals surface area contributed by atoms with Crippen molar-refractivity contribution in [3.8, 4) is 5.69 Å². The first-order valence-electron chi connectivity index (χ1n) is 8.28. The van der Waals surface area contributed by atoms with E-state index in [1.807, 2.05) is 48.9 Å². The lowest BCUT2D eigenvalue weighted by molar-refractivity contribution is -0.127. The summed E-state index contributed by atoms with van der Waals surface area (Å²) < 4.78 is 1.89. The number of carbonyl (C=O) groups is 1. The Balaban J connectivity index is 1.95. The number of thiocarbonyl (C=S) groups is 1. The molecule has 126 valence electrons. The van der Waals surface area contributed by atoms with Gasteiger partial charge in [0.15, 0.2) is 5.11 Å². The predicted molar refractivity (Wildman–Crippen MR) is 98.1 cm³/mol. The van der Waals surface area contributed by atoms with Crippen LogP contribution in [-0.4, -0.2) is 32.2 Å². The normalized spacial score (nSPS) is 17.5. The number of amides is 1. The minimum atomic E-state index is -0.438. The van der Waals surface area contributed by atoms with E-state index in [0.29, 0.717) is 11.7 Å². The van der Waals surface area contributed by atoms with Gasteiger partial charge in [-0.2, -0.15) is 5.10 Å². The van der Waals surface area contributed by atoms with Crippen molar-refractivity contribution in [1.82, 2.24) is 20.0 Å². The number of aryl methyl sites for hydroxylation is 1. The highest BCUT2D eigenvalue weighted by Crippen LogP contribution is 2.29. The quantitative estimate of drug-likeness (QED) is 0.849. The van der Waals surface area contributed by atoms with Gasteiger partial charge in [-0.1, -0.05) is 31.5 Å². The molecule has 1 N–H and O–H groups in total. The maximum Gasteiger partial charge on any atom is 0.256 e. The van der Waals surface area contributed by atoms with Crippen molar-refractivity contribution in [1.29, 1.82) is 0 Å². The number of hydrogen-bond acceptors (Lipinski definition) is 3. The fourth-order valence-corrected chi connectivity index (χ4v) is 3.43. The van der Waals surface area contributed by atoms with Crippen LogP contribution >= 0.6 is 12.2 Å². The molecule has 24 heavy (non-hydrogen) atoms. The third kappa shape index (κ3) is 2.82. The lowest BCUT2D eigenvalue weighted by Crippen LogP contribution is -2.31. The zero-order chi connectivity index (χ0) is 17.3. The van der Waals surface area contributed by atoms with Gasteiger partial charge in [-0.25, -0.2) is 4.68 Å². The molecule has 1 aromatic heterocycles. The zero-order valence-corrected chi connectivity index (χ0v) is 15.1. The molecule has 1 aliphatic heterocycles. The first-order valence-corrected chi connectivity index (χ1v) is 8.68. The van der Waals surface area contributed by atoms with Gasteiger partial charge in [0, 0.05) is 17.8 Å². The number of para-hydroxylation sites is 1. The number of rotatable bonds is 5. The fourth-order valence-electron chi connectivity index (χ4n) is 3.14. The third-order valence-corrected chi connectivity index (χ3v) is 4.74. The minimum absolute atomic E-state index is 0.0206. The van der Waals surface area contributed by atoms with Crippen molar-refractivity contribution < 1.29 is 4.79 Å². The first kappa shape index (κ1) is 16.6. The molecule has 1 atom stereocenters. The molecule has 0 spiro atoms. The highest BCUT2D eigenvalue weighted by molar-refractivity contribution is 7.80. The molecular formula is C18H22N4OS. The van der Waals surface area contributed by atoms with Gasteiger partial charge < -0.3 is 5.32 Å². The molecule has 1 amide bonds. The molecule has 0 aliphatic carbocycles. The molecule has 2 aromatic rings. The second-order valence-electron chi connectivity index (χ2n) is 6.06. The van der Waals surface area contributed by atoms with Crippen LogP contribution < -0.4 is 5.32 Å². The molecular weight excluding hydrogens is 320 g/mol. The number of benzene rings is 1. The minimum Gasteiger partial charge on any atom is -0.347 e. The van der Waals surface area contributed by atoms with E-state index in [-0.39, 0.29) is 5.91 Å². The molecule has 1 aliphatic rings. The first-order chi connectivity index (χ1) is 11.5. The molecule has 0 radical (unpaired) electrons. The Kier molecular flexibility index (Phi) is 4.66. The van der Waals surface area contributed by atoms with E-state index in [0.717, 1.165) is 35.5 Å². The Bertz CT molecular complexity index is 769. The number of nitrogens with zero attached hydrogens (tertiary/aromatic N) is 3. The number of aromatic nitrogens is 2. The van der Waals surface area contributed by atoms with Gasteiger partial charge in [-0.3, -0.25) is 9.69 Å². The smallest absolute Gasteiger partial charge is 0.256 e. The summed E-state index contributed by atoms with van der Waals surface area (Å²) in [6.07, 6.45) is 1.97. The van der Waals surface area contributed by atoms with Crippen molar-refractivity contribution in [3.63, 3.8) is 0 Å². The standard InChI is InChI=1S/C18H22N4OS/c1-4-5-11-21-17(23)16(19-18(21)24)15-12(2)20-22(13(15)3)14-9-7-6-8-10-14/h6-10,16H,4-5,11H2,1-3H3,(H,19,24)/t16-/m1/s1. The summed E-state index contributed by atoms with van der Waals surface area (Å²) in [5, 5.41) is 8.33. The van der Waals surface area contributed by atoms with Crippen LogP contribution in [0.2, 0.25) is 0 Å². The summed E-state index contributed by atoms with van der Waals surface area (Å²) in [4.78, 5) is 14.5. The van der Waals surface area contributed by atoms with E-state index in [4.69, 9.17) is 12.2 Å². The highest BCUT2D eigenvalue weighted by Gasteiger charge is 2.39. The third-order valence-electron chi connectivity index (χ3n) is 4.40. The molecule has 3 rings (SSSR count). The van der Waals surface area contributed by atoms with E-state index in [1.54, 1.807) is 4.90 Å². The molecule has 1 aromatic carbocycles. The zero-order valence-electron chi connectivity index (χ0n) is 14.2. The van der Waals surface area contributed by atoms with E-state index < -0.39 is 6.04 Å². The average molecular weight is 342 g/mol. The average Bonchev–Trinajstić information content (AvgIpc) is 3.02. The second-order valence-corrected chi connectivity index (χ2v) is 6.44. The molecule has 1 saturated heterocycles. The van der Waals surface area contributed by atoms with Crippen LogP contribution in [0.3, 0.4) is 0 Å². The summed E-state index contributed by atoms with van der Waals surface area (Å²) in [5.41, 5.74) is 3.72. The van der Waals surface area contributed by atoms with Crippen LogP contribution in [0.15, 0.2) is 30.3 Å². The van der Waals surface area contributed by atoms with Crippen LogP contribution in [0, 0.1) is 13.8 Å². The van der Waals surface area contributed by atoms with Gasteiger partial charge in [0.05, 0.1) is 11.4 Å². The van der Waals surface area contributed by atoms with Crippen LogP contribution in [0.4, 0.5) is 0 Å². The van der Waals surface area contributed by atoms with Crippen LogP contribution in [0.5, 0.6) is 0 Å². The highest BCUT2D eigenvalue weighted by atomic mass is 32.1. The maximum atomic E-state index is 12.8. The van der Waals surface area contributed by atoms with Crippen molar-refractivity contribution in [2.75, 3.05) is 6.54 Å². The van der Waals surface area contributed by atoms with E-state index in [1.165, 1.54) is 0 Å². The van der Waals surface area contributed by atoms with E-state index >= 15 is 0 Å². The van der Waals surface area contributed by atoms with Gasteiger partial charge in [-0.05, 0) is 44.6 Å². The SMILES string of the molecule is CCCCN1C(=O)[C@@H](c2c(C)nn(-c3ccccc3)c2C)NC1=S. The number of nitrogens with one attached hydrogen (secondary N) is 1. The van der Waals surface area contributed by atoms with Crippen LogP contribution in [-0.2, 0) is 4.79 Å². The maximum absolute atomic E-state index is 12.8. The Labute approximate surface area is 147 Å². The van der Waals surface area contributed by atoms with Gasteiger partial charge >= 0.3 is 0 Å². The Morgan fingerprint density at radius 1 is 1.25 bits per heavy atom. The molecule has 2 heterocycles. The summed E-state index contributed by atoms with van der Waals surface area (Å²) >= 11 is 5.36. The molecule has 0 bridgehead atoms. The molecule has 6 heteroatoms. The fraction of sp³-hybridized carbons (Fsp3) is 0.389. The van der Waals surface area contributed by atoms with Crippen LogP contribution in [0.1, 0.15) is 42.8 Å². The van der Waals surface area contributed by atoms with Gasteiger partial charge in [0.1, 0.15) is 6.04 Å². The Morgan fingerprint density at radius 2 is 1.96 bits per heavy atom. The van der Waals surface area contributed by atoms with Gasteiger partial charge in [0.2, 0.25) is 0 Å². The second kappa shape index (κ2) is 6.73. The van der Waals surface area contributed by atoms with E-state index in [9.17, 15) is 4.79 Å². The molecule has 1 fully saturated rings. The summed E-state index contributed by atoms with van der Waals surface area (Å²) in [6, 6.07) is 9.50. The lowest BCUT2D eigenvalue weighted by atomic mass is 10.0. The molecule has 5 nitrogen and oxygen atoms in total. The molecule has 0 unspecified atom stereocenters. The van der Waals surface area contributed by atoms with Crippen molar-refractivity contribution >= 4 is 23.2 Å².